The van der Waals surface area contributed by atoms with Crippen LogP contribution in [0.25, 0.3) is 0 Å². The van der Waals surface area contributed by atoms with Crippen LogP contribution in [0.3, 0.4) is 0 Å². The van der Waals surface area contributed by atoms with Crippen molar-refractivity contribution >= 4 is 45.5 Å². The molecule has 0 heterocycles. The quantitative estimate of drug-likeness (QED) is 0.353. The largest absolute Gasteiger partial charge is 0.363 e. The van der Waals surface area contributed by atoms with Crippen LogP contribution in [0.4, 0.5) is 0 Å². The van der Waals surface area contributed by atoms with Gasteiger partial charge in [0.2, 0.25) is 6.41 Å². The van der Waals surface area contributed by atoms with E-state index in [0.717, 1.165) is 15.6 Å². The average Bonchev–Trinajstić information content (AvgIpc) is 2.67. The summed E-state index contributed by atoms with van der Waals surface area (Å²) < 4.78 is 0.934. The van der Waals surface area contributed by atoms with Crippen molar-refractivity contribution in [1.29, 1.82) is 0 Å². The van der Waals surface area contributed by atoms with Gasteiger partial charge in [0, 0.05) is 32.2 Å². The molecule has 0 spiro atoms. The van der Waals surface area contributed by atoms with Crippen molar-refractivity contribution in [3.8, 4) is 0 Å². The van der Waals surface area contributed by atoms with Crippen molar-refractivity contribution in [1.82, 2.24) is 4.90 Å². The molecule has 3 aromatic carbocycles. The number of halogens is 3. The van der Waals surface area contributed by atoms with Crippen molar-refractivity contribution in [2.45, 2.75) is 19.2 Å². The zero-order chi connectivity index (χ0) is 20.3. The zero-order valence-corrected chi connectivity index (χ0v) is 18.2. The Kier molecular flexibility index (Phi) is 6.46. The van der Waals surface area contributed by atoms with Gasteiger partial charge in [-0.25, -0.2) is 0 Å². The molecule has 144 valence electrons. The van der Waals surface area contributed by atoms with E-state index in [-0.39, 0.29) is 6.54 Å². The normalized spacial score (nSPS) is 13.0. The molecule has 0 fully saturated rings. The summed E-state index contributed by atoms with van der Waals surface area (Å²) in [5.41, 5.74) is 0.836. The number of aliphatic hydroxyl groups is 1. The van der Waals surface area contributed by atoms with Gasteiger partial charge in [-0.05, 0) is 48.4 Å². The summed E-state index contributed by atoms with van der Waals surface area (Å²) in [5, 5.41) is 12.8. The van der Waals surface area contributed by atoms with Gasteiger partial charge in [-0.3, -0.25) is 4.79 Å². The van der Waals surface area contributed by atoms with Gasteiger partial charge >= 0.3 is 0 Å². The minimum absolute atomic E-state index is 0.195. The predicted molar refractivity (Wildman–Crippen MR) is 116 cm³/mol. The number of aryl methyl sites for hydroxylation is 1. The van der Waals surface area contributed by atoms with Gasteiger partial charge in [-0.15, -0.1) is 0 Å². The van der Waals surface area contributed by atoms with Crippen LogP contribution in [0.1, 0.15) is 22.3 Å². The van der Waals surface area contributed by atoms with Crippen LogP contribution in [0.2, 0.25) is 10.0 Å². The first-order chi connectivity index (χ1) is 13.4. The molecular formula is C22H18BrCl2NO2. The molecule has 1 unspecified atom stereocenters. The Bertz CT molecular complexity index is 957. The van der Waals surface area contributed by atoms with Crippen molar-refractivity contribution in [3.63, 3.8) is 0 Å². The SMILES string of the molecule is Cc1cccc(Cl)c1C(O)(c1ccc(Cl)cc1)N(C=O)Cc1ccc(Br)cc1. The third kappa shape index (κ3) is 4.11. The molecule has 0 aliphatic heterocycles. The highest BCUT2D eigenvalue weighted by Crippen LogP contribution is 2.40. The van der Waals surface area contributed by atoms with Crippen LogP contribution in [-0.4, -0.2) is 16.4 Å². The Labute approximate surface area is 182 Å². The number of rotatable bonds is 6. The van der Waals surface area contributed by atoms with Gasteiger partial charge in [0.25, 0.3) is 0 Å². The second kappa shape index (κ2) is 8.66. The minimum Gasteiger partial charge on any atom is -0.363 e. The maximum Gasteiger partial charge on any atom is 0.212 e. The second-order valence-electron chi connectivity index (χ2n) is 6.47. The van der Waals surface area contributed by atoms with Gasteiger partial charge in [0.15, 0.2) is 5.72 Å². The fraction of sp³-hybridized carbons (Fsp3) is 0.136. The summed E-state index contributed by atoms with van der Waals surface area (Å²) in [7, 11) is 0. The van der Waals surface area contributed by atoms with Crippen LogP contribution in [-0.2, 0) is 17.1 Å². The number of carbonyl (C=O) groups excluding carboxylic acids is 1. The number of carbonyl (C=O) groups is 1. The molecule has 0 bridgehead atoms. The molecule has 6 heteroatoms. The molecule has 0 aliphatic rings. The molecule has 28 heavy (non-hydrogen) atoms. The Balaban J connectivity index is 2.18. The summed E-state index contributed by atoms with van der Waals surface area (Å²) in [5.74, 6) is 0. The van der Waals surface area contributed by atoms with E-state index in [1.165, 1.54) is 4.90 Å². The van der Waals surface area contributed by atoms with Gasteiger partial charge < -0.3 is 10.0 Å². The van der Waals surface area contributed by atoms with E-state index < -0.39 is 5.72 Å². The zero-order valence-electron chi connectivity index (χ0n) is 15.1. The molecule has 0 saturated carbocycles. The minimum atomic E-state index is -1.76. The lowest BCUT2D eigenvalue weighted by atomic mass is 9.89. The third-order valence-corrected chi connectivity index (χ3v) is 5.72. The van der Waals surface area contributed by atoms with Crippen molar-refractivity contribution in [2.75, 3.05) is 0 Å². The first-order valence-corrected chi connectivity index (χ1v) is 10.1. The Morgan fingerprint density at radius 3 is 2.25 bits per heavy atom. The molecule has 3 aromatic rings. The lowest BCUT2D eigenvalue weighted by molar-refractivity contribution is -0.141. The van der Waals surface area contributed by atoms with E-state index >= 15 is 0 Å². The maximum atomic E-state index is 12.1. The fourth-order valence-corrected chi connectivity index (χ4v) is 3.97. The number of hydrogen-bond donors (Lipinski definition) is 1. The van der Waals surface area contributed by atoms with Gasteiger partial charge in [-0.1, -0.05) is 75.5 Å². The van der Waals surface area contributed by atoms with Crippen molar-refractivity contribution < 1.29 is 9.90 Å². The Morgan fingerprint density at radius 1 is 1.04 bits per heavy atom. The van der Waals surface area contributed by atoms with Crippen molar-refractivity contribution in [3.05, 3.63) is 104 Å². The molecular weight excluding hydrogens is 461 g/mol. The van der Waals surface area contributed by atoms with Crippen LogP contribution < -0.4 is 0 Å². The number of benzene rings is 3. The highest BCUT2D eigenvalue weighted by Gasteiger charge is 2.40. The standard InChI is InChI=1S/C22H18BrCl2NO2/c1-15-3-2-4-20(25)21(15)22(28,17-7-11-19(24)12-8-17)26(14-27)13-16-5-9-18(23)10-6-16/h2-12,14,28H,13H2,1H3. The molecule has 1 N–H and O–H groups in total. The van der Waals surface area contributed by atoms with Crippen LogP contribution in [0.15, 0.2) is 71.2 Å². The first-order valence-electron chi connectivity index (χ1n) is 8.56. The first kappa shape index (κ1) is 20.9. The molecule has 0 radical (unpaired) electrons. The van der Waals surface area contributed by atoms with E-state index in [0.29, 0.717) is 27.6 Å². The lowest BCUT2D eigenvalue weighted by Gasteiger charge is -2.39. The number of amides is 1. The van der Waals surface area contributed by atoms with E-state index in [9.17, 15) is 9.90 Å². The Hall–Kier alpha value is -1.85. The molecule has 0 saturated heterocycles. The topological polar surface area (TPSA) is 40.5 Å². The monoisotopic (exact) mass is 477 g/mol. The van der Waals surface area contributed by atoms with Crippen LogP contribution in [0.5, 0.6) is 0 Å². The Morgan fingerprint density at radius 2 is 1.68 bits per heavy atom. The van der Waals surface area contributed by atoms with E-state index in [1.54, 1.807) is 30.3 Å². The van der Waals surface area contributed by atoms with Gasteiger partial charge in [0.05, 0.1) is 0 Å². The summed E-state index contributed by atoms with van der Waals surface area (Å²) in [6.45, 7) is 2.05. The molecule has 0 aliphatic carbocycles. The fourth-order valence-electron chi connectivity index (χ4n) is 3.22. The molecule has 1 atom stereocenters. The summed E-state index contributed by atoms with van der Waals surface area (Å²) in [6.07, 6.45) is 0.638. The number of nitrogens with zero attached hydrogens (tertiary/aromatic N) is 1. The summed E-state index contributed by atoms with van der Waals surface area (Å²) in [4.78, 5) is 13.5. The smallest absolute Gasteiger partial charge is 0.212 e. The second-order valence-corrected chi connectivity index (χ2v) is 8.23. The summed E-state index contributed by atoms with van der Waals surface area (Å²) >= 11 is 15.9. The van der Waals surface area contributed by atoms with E-state index in [4.69, 9.17) is 23.2 Å². The van der Waals surface area contributed by atoms with Crippen molar-refractivity contribution in [2.24, 2.45) is 0 Å². The average molecular weight is 479 g/mol. The predicted octanol–water partition coefficient (Wildman–Crippen LogP) is 5.92. The van der Waals surface area contributed by atoms with Gasteiger partial charge in [-0.2, -0.15) is 0 Å². The highest BCUT2D eigenvalue weighted by molar-refractivity contribution is 9.10. The van der Waals surface area contributed by atoms with Crippen LogP contribution in [0, 0.1) is 6.92 Å². The van der Waals surface area contributed by atoms with Crippen LogP contribution >= 0.6 is 39.1 Å². The maximum absolute atomic E-state index is 12.1. The number of hydrogen-bond acceptors (Lipinski definition) is 2. The highest BCUT2D eigenvalue weighted by atomic mass is 79.9. The lowest BCUT2D eigenvalue weighted by Crippen LogP contribution is -2.46. The molecule has 3 rings (SSSR count). The van der Waals surface area contributed by atoms with Gasteiger partial charge in [0.1, 0.15) is 0 Å². The molecule has 3 nitrogen and oxygen atoms in total. The summed E-state index contributed by atoms with van der Waals surface area (Å²) in [6, 6.07) is 19.7. The van der Waals surface area contributed by atoms with E-state index in [1.807, 2.05) is 43.3 Å². The molecule has 1 amide bonds. The van der Waals surface area contributed by atoms with E-state index in [2.05, 4.69) is 15.9 Å². The third-order valence-electron chi connectivity index (χ3n) is 4.63. The molecule has 0 aromatic heterocycles.